The summed E-state index contributed by atoms with van der Waals surface area (Å²) >= 11 is 1.15. The fourth-order valence-electron chi connectivity index (χ4n) is 0.909. The van der Waals surface area contributed by atoms with E-state index in [1.807, 2.05) is 0 Å². The molecule has 0 aliphatic rings. The first-order valence-corrected chi connectivity index (χ1v) is 4.61. The van der Waals surface area contributed by atoms with E-state index in [-0.39, 0.29) is 6.54 Å². The first kappa shape index (κ1) is 10.3. The lowest BCUT2D eigenvalue weighted by atomic mass is 10.2. The van der Waals surface area contributed by atoms with Crippen LogP contribution in [-0.4, -0.2) is 29.1 Å². The van der Waals surface area contributed by atoms with Crippen molar-refractivity contribution in [2.75, 3.05) is 6.54 Å². The van der Waals surface area contributed by atoms with Crippen LogP contribution in [0.15, 0.2) is 12.1 Å². The lowest BCUT2D eigenvalue weighted by molar-refractivity contribution is 0.0265. The van der Waals surface area contributed by atoms with Crippen molar-refractivity contribution < 1.29 is 15.0 Å². The fraction of sp³-hybridized carbons (Fsp3) is 0.375. The number of aliphatic hydroxyl groups is 2. The number of carbonyl (C=O) groups excluding carboxylic acids is 1. The van der Waals surface area contributed by atoms with Crippen LogP contribution in [0.1, 0.15) is 20.7 Å². The third-order valence-corrected chi connectivity index (χ3v) is 2.74. The number of aldehydes is 1. The molecule has 0 fully saturated rings. The zero-order valence-corrected chi connectivity index (χ0v) is 7.70. The number of aliphatic hydroxyl groups excluding tert-OH is 2. The van der Waals surface area contributed by atoms with Crippen LogP contribution < -0.4 is 5.73 Å². The van der Waals surface area contributed by atoms with Gasteiger partial charge < -0.3 is 15.9 Å². The Bertz CT molecular complexity index is 287. The highest BCUT2D eigenvalue weighted by Crippen LogP contribution is 2.24. The van der Waals surface area contributed by atoms with Gasteiger partial charge in [0.2, 0.25) is 0 Å². The van der Waals surface area contributed by atoms with Gasteiger partial charge in [0.15, 0.2) is 6.29 Å². The molecular formula is C8H11NO3S. The molecule has 2 unspecified atom stereocenters. The summed E-state index contributed by atoms with van der Waals surface area (Å²) in [4.78, 5) is 11.4. The molecule has 0 radical (unpaired) electrons. The van der Waals surface area contributed by atoms with Crippen LogP contribution in [0.4, 0.5) is 0 Å². The zero-order chi connectivity index (χ0) is 9.84. The molecule has 1 aromatic rings. The first-order chi connectivity index (χ1) is 6.19. The molecule has 1 rings (SSSR count). The van der Waals surface area contributed by atoms with E-state index in [9.17, 15) is 15.0 Å². The molecule has 0 aliphatic heterocycles. The van der Waals surface area contributed by atoms with E-state index in [0.29, 0.717) is 16.0 Å². The Morgan fingerprint density at radius 3 is 2.69 bits per heavy atom. The van der Waals surface area contributed by atoms with E-state index < -0.39 is 12.2 Å². The lowest BCUT2D eigenvalue weighted by Crippen LogP contribution is -2.26. The van der Waals surface area contributed by atoms with Gasteiger partial charge in [-0.05, 0) is 12.1 Å². The number of hydrogen-bond acceptors (Lipinski definition) is 5. The minimum atomic E-state index is -0.997. The Morgan fingerprint density at radius 1 is 1.54 bits per heavy atom. The van der Waals surface area contributed by atoms with E-state index in [2.05, 4.69) is 0 Å². The highest BCUT2D eigenvalue weighted by atomic mass is 32.1. The topological polar surface area (TPSA) is 83.6 Å². The average Bonchev–Trinajstić information content (AvgIpc) is 2.63. The minimum absolute atomic E-state index is 0.00447. The van der Waals surface area contributed by atoms with Gasteiger partial charge in [-0.25, -0.2) is 0 Å². The number of thiophene rings is 1. The van der Waals surface area contributed by atoms with Gasteiger partial charge in [-0.2, -0.15) is 0 Å². The highest BCUT2D eigenvalue weighted by Gasteiger charge is 2.18. The molecule has 13 heavy (non-hydrogen) atoms. The van der Waals surface area contributed by atoms with Crippen LogP contribution >= 0.6 is 11.3 Å². The Hall–Kier alpha value is -0.750. The van der Waals surface area contributed by atoms with Crippen molar-refractivity contribution in [2.24, 2.45) is 5.73 Å². The van der Waals surface area contributed by atoms with E-state index >= 15 is 0 Å². The number of rotatable bonds is 4. The van der Waals surface area contributed by atoms with Crippen molar-refractivity contribution in [2.45, 2.75) is 12.2 Å². The molecule has 4 N–H and O–H groups in total. The van der Waals surface area contributed by atoms with Crippen LogP contribution in [0.3, 0.4) is 0 Å². The normalized spacial score (nSPS) is 15.3. The second-order valence-electron chi connectivity index (χ2n) is 2.61. The van der Waals surface area contributed by atoms with Gasteiger partial charge in [0, 0.05) is 11.4 Å². The largest absolute Gasteiger partial charge is 0.389 e. The van der Waals surface area contributed by atoms with Crippen molar-refractivity contribution in [3.05, 3.63) is 21.9 Å². The Balaban J connectivity index is 2.76. The predicted octanol–water partition coefficient (Wildman–Crippen LogP) is -0.0864. The number of nitrogens with two attached hydrogens (primary N) is 1. The average molecular weight is 201 g/mol. The smallest absolute Gasteiger partial charge is 0.160 e. The predicted molar refractivity (Wildman–Crippen MR) is 49.7 cm³/mol. The van der Waals surface area contributed by atoms with E-state index in [1.165, 1.54) is 0 Å². The maximum atomic E-state index is 10.3. The molecule has 1 heterocycles. The summed E-state index contributed by atoms with van der Waals surface area (Å²) in [6, 6.07) is 3.21. The van der Waals surface area contributed by atoms with Crippen molar-refractivity contribution in [3.8, 4) is 0 Å². The molecule has 0 saturated carbocycles. The van der Waals surface area contributed by atoms with Gasteiger partial charge in [-0.1, -0.05) is 0 Å². The molecule has 0 aromatic carbocycles. The van der Waals surface area contributed by atoms with Crippen LogP contribution in [-0.2, 0) is 0 Å². The quantitative estimate of drug-likeness (QED) is 0.595. The van der Waals surface area contributed by atoms with Crippen LogP contribution in [0.5, 0.6) is 0 Å². The molecule has 72 valence electrons. The third-order valence-electron chi connectivity index (χ3n) is 1.66. The third kappa shape index (κ3) is 2.35. The summed E-state index contributed by atoms with van der Waals surface area (Å²) in [6.07, 6.45) is -1.27. The molecule has 5 heteroatoms. The Labute approximate surface area is 79.6 Å². The maximum Gasteiger partial charge on any atom is 0.160 e. The van der Waals surface area contributed by atoms with E-state index in [0.717, 1.165) is 11.3 Å². The molecule has 1 aromatic heterocycles. The molecule has 0 saturated heterocycles. The van der Waals surface area contributed by atoms with Gasteiger partial charge in [0.25, 0.3) is 0 Å². The summed E-state index contributed by atoms with van der Waals surface area (Å²) < 4.78 is 0. The molecule has 0 spiro atoms. The monoisotopic (exact) mass is 201 g/mol. The highest BCUT2D eigenvalue weighted by molar-refractivity contribution is 7.13. The van der Waals surface area contributed by atoms with Crippen LogP contribution in [0.2, 0.25) is 0 Å². The van der Waals surface area contributed by atoms with Crippen molar-refractivity contribution >= 4 is 17.6 Å². The fourth-order valence-corrected chi connectivity index (χ4v) is 1.78. The van der Waals surface area contributed by atoms with Gasteiger partial charge in [0.05, 0.1) is 11.0 Å². The summed E-state index contributed by atoms with van der Waals surface area (Å²) in [5, 5.41) is 18.7. The summed E-state index contributed by atoms with van der Waals surface area (Å²) in [5.74, 6) is 0. The number of hydrogen-bond donors (Lipinski definition) is 3. The number of carbonyl (C=O) groups is 1. The van der Waals surface area contributed by atoms with Crippen molar-refractivity contribution in [3.63, 3.8) is 0 Å². The minimum Gasteiger partial charge on any atom is -0.389 e. The standard InChI is InChI=1S/C8H11NO3S/c9-3-6(11)8(12)7-2-1-5(4-10)13-7/h1-2,4,6,8,11-12H,3,9H2. The molecular weight excluding hydrogens is 190 g/mol. The SMILES string of the molecule is NCC(O)C(O)c1ccc(C=O)s1. The molecule has 0 bridgehead atoms. The molecule has 0 aliphatic carbocycles. The maximum absolute atomic E-state index is 10.3. The van der Waals surface area contributed by atoms with E-state index in [1.54, 1.807) is 12.1 Å². The Kier molecular flexibility index (Phi) is 3.56. The van der Waals surface area contributed by atoms with Crippen LogP contribution in [0, 0.1) is 0 Å². The second kappa shape index (κ2) is 4.48. The first-order valence-electron chi connectivity index (χ1n) is 3.80. The molecule has 2 atom stereocenters. The van der Waals surface area contributed by atoms with Gasteiger partial charge in [-0.15, -0.1) is 11.3 Å². The van der Waals surface area contributed by atoms with Crippen molar-refractivity contribution in [1.82, 2.24) is 0 Å². The van der Waals surface area contributed by atoms with Crippen LogP contribution in [0.25, 0.3) is 0 Å². The van der Waals surface area contributed by atoms with Gasteiger partial charge in [-0.3, -0.25) is 4.79 Å². The van der Waals surface area contributed by atoms with Crippen molar-refractivity contribution in [1.29, 1.82) is 0 Å². The second-order valence-corrected chi connectivity index (χ2v) is 3.75. The van der Waals surface area contributed by atoms with Gasteiger partial charge in [0.1, 0.15) is 6.10 Å². The molecule has 4 nitrogen and oxygen atoms in total. The lowest BCUT2D eigenvalue weighted by Gasteiger charge is -2.13. The Morgan fingerprint density at radius 2 is 2.23 bits per heavy atom. The van der Waals surface area contributed by atoms with Gasteiger partial charge >= 0.3 is 0 Å². The van der Waals surface area contributed by atoms with E-state index in [4.69, 9.17) is 5.73 Å². The summed E-state index contributed by atoms with van der Waals surface area (Å²) in [5.41, 5.74) is 5.17. The summed E-state index contributed by atoms with van der Waals surface area (Å²) in [7, 11) is 0. The molecule has 0 amide bonds. The summed E-state index contributed by atoms with van der Waals surface area (Å²) in [6.45, 7) is -0.00447. The zero-order valence-electron chi connectivity index (χ0n) is 6.88.